The lowest BCUT2D eigenvalue weighted by atomic mass is 10.0. The minimum absolute atomic E-state index is 0.0979. The molecule has 0 aromatic heterocycles. The van der Waals surface area contributed by atoms with Crippen molar-refractivity contribution >= 4 is 15.8 Å². The molecule has 0 spiro atoms. The van der Waals surface area contributed by atoms with E-state index in [-0.39, 0.29) is 5.75 Å². The maximum absolute atomic E-state index is 11.7. The quantitative estimate of drug-likeness (QED) is 0.178. The van der Waals surface area contributed by atoms with E-state index in [2.05, 4.69) is 11.7 Å². The molecule has 0 amide bonds. The van der Waals surface area contributed by atoms with E-state index in [0.717, 1.165) is 12.8 Å². The van der Waals surface area contributed by atoms with Gasteiger partial charge < -0.3 is 4.74 Å². The molecule has 0 fully saturated rings. The lowest BCUT2D eigenvalue weighted by molar-refractivity contribution is -0.137. The predicted molar refractivity (Wildman–Crippen MR) is 115 cm³/mol. The number of rotatable bonds is 20. The van der Waals surface area contributed by atoms with Gasteiger partial charge in [0.15, 0.2) is 9.84 Å². The fourth-order valence-corrected chi connectivity index (χ4v) is 4.62. The van der Waals surface area contributed by atoms with Gasteiger partial charge in [0.1, 0.15) is 5.75 Å². The van der Waals surface area contributed by atoms with E-state index < -0.39 is 21.6 Å². The Morgan fingerprint density at radius 1 is 0.630 bits per heavy atom. The van der Waals surface area contributed by atoms with Crippen LogP contribution in [-0.4, -0.2) is 33.0 Å². The molecule has 0 unspecified atom stereocenters. The molecular formula is C22H44O4S. The molecule has 5 heteroatoms. The summed E-state index contributed by atoms with van der Waals surface area (Å²) in [5.74, 6) is -1.05. The molecule has 0 aromatic carbocycles. The largest absolute Gasteiger partial charge is 0.468 e. The van der Waals surface area contributed by atoms with E-state index in [1.165, 1.54) is 97.0 Å². The Balaban J connectivity index is 3.24. The van der Waals surface area contributed by atoms with Crippen LogP contribution < -0.4 is 0 Å². The number of methoxy groups -OCH3 is 1. The summed E-state index contributed by atoms with van der Waals surface area (Å²) in [5, 5.41) is 0. The first-order chi connectivity index (χ1) is 13.0. The van der Waals surface area contributed by atoms with Crippen molar-refractivity contribution in [3.8, 4) is 0 Å². The first-order valence-electron chi connectivity index (χ1n) is 11.3. The third-order valence-electron chi connectivity index (χ3n) is 5.12. The Hall–Kier alpha value is -0.580. The average molecular weight is 405 g/mol. The molecule has 162 valence electrons. The molecule has 0 aliphatic rings. The lowest BCUT2D eigenvalue weighted by Crippen LogP contribution is -2.19. The van der Waals surface area contributed by atoms with Crippen molar-refractivity contribution in [1.82, 2.24) is 0 Å². The second kappa shape index (κ2) is 18.8. The lowest BCUT2D eigenvalue weighted by Gasteiger charge is -2.04. The van der Waals surface area contributed by atoms with Crippen LogP contribution in [0.5, 0.6) is 0 Å². The van der Waals surface area contributed by atoms with Gasteiger partial charge in [-0.3, -0.25) is 4.79 Å². The number of unbranched alkanes of at least 4 members (excludes halogenated alkanes) is 16. The van der Waals surface area contributed by atoms with E-state index in [9.17, 15) is 13.2 Å². The van der Waals surface area contributed by atoms with Gasteiger partial charge in [-0.25, -0.2) is 8.42 Å². The van der Waals surface area contributed by atoms with Crippen LogP contribution in [0.4, 0.5) is 0 Å². The second-order valence-corrected chi connectivity index (χ2v) is 10.0. The fourth-order valence-electron chi connectivity index (χ4n) is 3.36. The van der Waals surface area contributed by atoms with Gasteiger partial charge >= 0.3 is 5.97 Å². The van der Waals surface area contributed by atoms with Gasteiger partial charge in [0.25, 0.3) is 0 Å². The van der Waals surface area contributed by atoms with Crippen LogP contribution in [0.25, 0.3) is 0 Å². The maximum atomic E-state index is 11.7. The van der Waals surface area contributed by atoms with E-state index >= 15 is 0 Å². The molecule has 0 N–H and O–H groups in total. The summed E-state index contributed by atoms with van der Waals surface area (Å²) in [6.07, 6.45) is 21.7. The van der Waals surface area contributed by atoms with E-state index in [0.29, 0.717) is 6.42 Å². The molecule has 4 nitrogen and oxygen atoms in total. The zero-order chi connectivity index (χ0) is 20.2. The van der Waals surface area contributed by atoms with Crippen LogP contribution >= 0.6 is 0 Å². The van der Waals surface area contributed by atoms with Gasteiger partial charge in [-0.15, -0.1) is 0 Å². The maximum Gasteiger partial charge on any atom is 0.320 e. The number of hydrogen-bond acceptors (Lipinski definition) is 4. The van der Waals surface area contributed by atoms with Crippen LogP contribution in [0.3, 0.4) is 0 Å². The summed E-state index contributed by atoms with van der Waals surface area (Å²) in [6.45, 7) is 2.27. The Labute approximate surface area is 168 Å². The standard InChI is InChI=1S/C22H44O4S/c1-3-4-5-6-7-8-9-10-11-12-13-14-15-16-17-18-19-20-27(24,25)21-22(23)26-2/h3-21H2,1-2H3. The zero-order valence-electron chi connectivity index (χ0n) is 18.0. The van der Waals surface area contributed by atoms with E-state index in [1.807, 2.05) is 0 Å². The van der Waals surface area contributed by atoms with Gasteiger partial charge in [-0.1, -0.05) is 110 Å². The second-order valence-electron chi connectivity index (χ2n) is 7.83. The zero-order valence-corrected chi connectivity index (χ0v) is 18.8. The SMILES string of the molecule is CCCCCCCCCCCCCCCCCCCS(=O)(=O)CC(=O)OC. The summed E-state index contributed by atoms with van der Waals surface area (Å²) in [4.78, 5) is 11.0. The van der Waals surface area contributed by atoms with E-state index in [4.69, 9.17) is 0 Å². The summed E-state index contributed by atoms with van der Waals surface area (Å²) in [6, 6.07) is 0. The number of hydrogen-bond donors (Lipinski definition) is 0. The summed E-state index contributed by atoms with van der Waals surface area (Å²) in [5.41, 5.74) is 0. The Morgan fingerprint density at radius 2 is 0.963 bits per heavy atom. The molecule has 0 aromatic rings. The first-order valence-corrected chi connectivity index (χ1v) is 13.1. The van der Waals surface area contributed by atoms with Crippen molar-refractivity contribution in [1.29, 1.82) is 0 Å². The number of esters is 1. The molecule has 0 bridgehead atoms. The molecule has 0 saturated carbocycles. The number of ether oxygens (including phenoxy) is 1. The van der Waals surface area contributed by atoms with Crippen molar-refractivity contribution in [2.45, 2.75) is 116 Å². The van der Waals surface area contributed by atoms with Crippen molar-refractivity contribution in [2.75, 3.05) is 18.6 Å². The number of carbonyl (C=O) groups excluding carboxylic acids is 1. The molecule has 0 rings (SSSR count). The molecular weight excluding hydrogens is 360 g/mol. The smallest absolute Gasteiger partial charge is 0.320 e. The van der Waals surface area contributed by atoms with Crippen molar-refractivity contribution in [2.24, 2.45) is 0 Å². The van der Waals surface area contributed by atoms with Gasteiger partial charge in [0, 0.05) is 0 Å². The molecule has 0 heterocycles. The van der Waals surface area contributed by atoms with Crippen LogP contribution in [0.2, 0.25) is 0 Å². The highest BCUT2D eigenvalue weighted by atomic mass is 32.2. The summed E-state index contributed by atoms with van der Waals surface area (Å²) in [7, 11) is -2.07. The third kappa shape index (κ3) is 20.0. The highest BCUT2D eigenvalue weighted by Gasteiger charge is 2.16. The van der Waals surface area contributed by atoms with Crippen LogP contribution in [-0.2, 0) is 19.4 Å². The van der Waals surface area contributed by atoms with Crippen molar-refractivity contribution in [3.63, 3.8) is 0 Å². The van der Waals surface area contributed by atoms with Gasteiger partial charge in [0.2, 0.25) is 0 Å². The van der Waals surface area contributed by atoms with Gasteiger partial charge in [-0.2, -0.15) is 0 Å². The fraction of sp³-hybridized carbons (Fsp3) is 0.955. The number of sulfone groups is 1. The Kier molecular flexibility index (Phi) is 18.4. The third-order valence-corrected chi connectivity index (χ3v) is 6.71. The first kappa shape index (κ1) is 26.4. The van der Waals surface area contributed by atoms with Crippen LogP contribution in [0.15, 0.2) is 0 Å². The predicted octanol–water partition coefficient (Wildman–Crippen LogP) is 6.23. The molecule has 0 radical (unpaired) electrons. The molecule has 0 atom stereocenters. The highest BCUT2D eigenvalue weighted by molar-refractivity contribution is 7.92. The van der Waals surface area contributed by atoms with Crippen molar-refractivity contribution in [3.05, 3.63) is 0 Å². The monoisotopic (exact) mass is 404 g/mol. The Morgan fingerprint density at radius 3 is 1.30 bits per heavy atom. The number of carbonyl (C=O) groups is 1. The molecule has 0 aliphatic heterocycles. The highest BCUT2D eigenvalue weighted by Crippen LogP contribution is 2.14. The topological polar surface area (TPSA) is 60.4 Å². The minimum atomic E-state index is -3.29. The van der Waals surface area contributed by atoms with Gasteiger partial charge in [0.05, 0.1) is 12.9 Å². The minimum Gasteiger partial charge on any atom is -0.468 e. The van der Waals surface area contributed by atoms with Crippen molar-refractivity contribution < 1.29 is 17.9 Å². The molecule has 0 aliphatic carbocycles. The Bertz CT molecular complexity index is 432. The summed E-state index contributed by atoms with van der Waals surface area (Å²) < 4.78 is 27.7. The van der Waals surface area contributed by atoms with Crippen LogP contribution in [0, 0.1) is 0 Å². The molecule has 27 heavy (non-hydrogen) atoms. The van der Waals surface area contributed by atoms with E-state index in [1.54, 1.807) is 0 Å². The van der Waals surface area contributed by atoms with Gasteiger partial charge in [-0.05, 0) is 6.42 Å². The average Bonchev–Trinajstić information content (AvgIpc) is 2.63. The normalized spacial score (nSPS) is 11.6. The molecule has 0 saturated heterocycles. The summed E-state index contributed by atoms with van der Waals surface area (Å²) >= 11 is 0. The van der Waals surface area contributed by atoms with Crippen LogP contribution in [0.1, 0.15) is 116 Å².